The number of ether oxygens (including phenoxy) is 2. The minimum absolute atomic E-state index is 0.109. The van der Waals surface area contributed by atoms with Gasteiger partial charge in [-0.25, -0.2) is 17.2 Å². The molecule has 0 bridgehead atoms. The molecule has 9 heteroatoms. The Kier molecular flexibility index (Phi) is 6.18. The molecule has 1 N–H and O–H groups in total. The summed E-state index contributed by atoms with van der Waals surface area (Å²) in [5.74, 6) is -2.72. The number of halogens is 2. The van der Waals surface area contributed by atoms with E-state index in [9.17, 15) is 22.0 Å². The molecule has 2 aromatic rings. The second-order valence-electron chi connectivity index (χ2n) is 6.91. The van der Waals surface area contributed by atoms with Crippen LogP contribution in [0.1, 0.15) is 22.3 Å². The van der Waals surface area contributed by atoms with E-state index in [0.717, 1.165) is 12.1 Å². The first-order chi connectivity index (χ1) is 13.7. The van der Waals surface area contributed by atoms with E-state index in [1.54, 1.807) is 6.92 Å². The molecule has 1 fully saturated rings. The van der Waals surface area contributed by atoms with Crippen LogP contribution in [0.25, 0.3) is 0 Å². The molecule has 0 unspecified atom stereocenters. The average Bonchev–Trinajstić information content (AvgIpc) is 3.16. The van der Waals surface area contributed by atoms with Crippen LogP contribution < -0.4 is 10.1 Å². The van der Waals surface area contributed by atoms with Crippen molar-refractivity contribution >= 4 is 21.4 Å². The number of aryl methyl sites for hydroxylation is 1. The summed E-state index contributed by atoms with van der Waals surface area (Å²) in [5, 5.41) is 2.55. The normalized spacial score (nSPS) is 16.6. The molecule has 1 aliphatic heterocycles. The molecule has 156 valence electrons. The van der Waals surface area contributed by atoms with Crippen molar-refractivity contribution in [3.8, 4) is 5.75 Å². The SMILES string of the molecule is COc1cc(F)c(S(=O)(=O)C[C@H]2CCOC2)cc1C(=O)Nc1ccc(F)c(C)c1. The highest BCUT2D eigenvalue weighted by molar-refractivity contribution is 7.91. The lowest BCUT2D eigenvalue weighted by atomic mass is 10.1. The highest BCUT2D eigenvalue weighted by atomic mass is 32.2. The minimum atomic E-state index is -3.98. The molecule has 1 heterocycles. The van der Waals surface area contributed by atoms with Gasteiger partial charge in [0.2, 0.25) is 0 Å². The van der Waals surface area contributed by atoms with Gasteiger partial charge in [-0.3, -0.25) is 4.79 Å². The second kappa shape index (κ2) is 8.46. The summed E-state index contributed by atoms with van der Waals surface area (Å²) in [7, 11) is -2.73. The van der Waals surface area contributed by atoms with Crippen molar-refractivity contribution in [1.29, 1.82) is 0 Å². The Balaban J connectivity index is 1.93. The molecule has 6 nitrogen and oxygen atoms in total. The molecular formula is C20H21F2NO5S. The van der Waals surface area contributed by atoms with Crippen LogP contribution in [-0.4, -0.2) is 40.4 Å². The molecule has 0 aliphatic carbocycles. The minimum Gasteiger partial charge on any atom is -0.496 e. The van der Waals surface area contributed by atoms with Crippen molar-refractivity contribution in [2.75, 3.05) is 31.4 Å². The van der Waals surface area contributed by atoms with Gasteiger partial charge in [0.15, 0.2) is 9.84 Å². The Bertz CT molecular complexity index is 1030. The fraction of sp³-hybridized carbons (Fsp3) is 0.350. The van der Waals surface area contributed by atoms with E-state index in [1.807, 2.05) is 0 Å². The molecule has 1 saturated heterocycles. The highest BCUT2D eigenvalue weighted by Crippen LogP contribution is 2.29. The van der Waals surface area contributed by atoms with Crippen molar-refractivity contribution in [2.24, 2.45) is 5.92 Å². The molecule has 0 saturated carbocycles. The van der Waals surface area contributed by atoms with Crippen LogP contribution in [0.5, 0.6) is 5.75 Å². The maximum absolute atomic E-state index is 14.5. The average molecular weight is 425 g/mol. The fourth-order valence-electron chi connectivity index (χ4n) is 3.16. The zero-order valence-electron chi connectivity index (χ0n) is 16.0. The standard InChI is InChI=1S/C20H21F2NO5S/c1-12-7-14(3-4-16(12)21)23-20(24)15-8-19(17(22)9-18(15)27-2)29(25,26)11-13-5-6-28-10-13/h3-4,7-9,13H,5-6,10-11H2,1-2H3,(H,23,24)/t13-/m0/s1. The molecule has 1 amide bonds. The van der Waals surface area contributed by atoms with E-state index in [2.05, 4.69) is 5.32 Å². The Hall–Kier alpha value is -2.52. The summed E-state index contributed by atoms with van der Waals surface area (Å²) in [6, 6.07) is 5.86. The fourth-order valence-corrected chi connectivity index (χ4v) is 4.87. The predicted molar refractivity (Wildman–Crippen MR) is 103 cm³/mol. The third kappa shape index (κ3) is 4.73. The Morgan fingerprint density at radius 1 is 1.24 bits per heavy atom. The van der Waals surface area contributed by atoms with Crippen LogP contribution in [0, 0.1) is 24.5 Å². The molecule has 1 aliphatic rings. The summed E-state index contributed by atoms with van der Waals surface area (Å²) >= 11 is 0. The summed E-state index contributed by atoms with van der Waals surface area (Å²) in [5.41, 5.74) is 0.501. The van der Waals surface area contributed by atoms with E-state index in [-0.39, 0.29) is 23.0 Å². The van der Waals surface area contributed by atoms with Crippen molar-refractivity contribution in [3.05, 3.63) is 53.1 Å². The molecule has 2 aromatic carbocycles. The van der Waals surface area contributed by atoms with Crippen molar-refractivity contribution in [1.82, 2.24) is 0 Å². The first-order valence-electron chi connectivity index (χ1n) is 8.97. The first-order valence-corrected chi connectivity index (χ1v) is 10.6. The van der Waals surface area contributed by atoms with Gasteiger partial charge in [-0.05, 0) is 49.1 Å². The Labute approximate surface area is 167 Å². The van der Waals surface area contributed by atoms with Gasteiger partial charge in [-0.15, -0.1) is 0 Å². The summed E-state index contributed by atoms with van der Waals surface area (Å²) in [6.07, 6.45) is 0.578. The van der Waals surface area contributed by atoms with Crippen LogP contribution >= 0.6 is 0 Å². The quantitative estimate of drug-likeness (QED) is 0.768. The van der Waals surface area contributed by atoms with E-state index >= 15 is 0 Å². The van der Waals surface area contributed by atoms with Crippen LogP contribution in [0.15, 0.2) is 35.2 Å². The van der Waals surface area contributed by atoms with Gasteiger partial charge in [0.05, 0.1) is 25.0 Å². The molecule has 0 spiro atoms. The van der Waals surface area contributed by atoms with Crippen LogP contribution in [0.2, 0.25) is 0 Å². The van der Waals surface area contributed by atoms with Gasteiger partial charge in [-0.1, -0.05) is 0 Å². The van der Waals surface area contributed by atoms with E-state index in [1.165, 1.54) is 25.3 Å². The summed E-state index contributed by atoms with van der Waals surface area (Å²) < 4.78 is 63.6. The van der Waals surface area contributed by atoms with Crippen LogP contribution in [0.4, 0.5) is 14.5 Å². The van der Waals surface area contributed by atoms with Crippen molar-refractivity contribution in [3.63, 3.8) is 0 Å². The van der Waals surface area contributed by atoms with Crippen molar-refractivity contribution in [2.45, 2.75) is 18.2 Å². The third-order valence-electron chi connectivity index (χ3n) is 4.73. The number of methoxy groups -OCH3 is 1. The van der Waals surface area contributed by atoms with Gasteiger partial charge in [0.1, 0.15) is 22.3 Å². The van der Waals surface area contributed by atoms with E-state index < -0.39 is 32.3 Å². The maximum Gasteiger partial charge on any atom is 0.259 e. The topological polar surface area (TPSA) is 81.7 Å². The maximum atomic E-state index is 14.5. The van der Waals surface area contributed by atoms with Crippen LogP contribution in [-0.2, 0) is 14.6 Å². The number of sulfone groups is 1. The van der Waals surface area contributed by atoms with Gasteiger partial charge in [-0.2, -0.15) is 0 Å². The number of carbonyl (C=O) groups is 1. The number of hydrogen-bond acceptors (Lipinski definition) is 5. The lowest BCUT2D eigenvalue weighted by Crippen LogP contribution is -2.19. The third-order valence-corrected chi connectivity index (χ3v) is 6.62. The molecule has 0 radical (unpaired) electrons. The molecule has 1 atom stereocenters. The number of amides is 1. The number of rotatable bonds is 6. The number of benzene rings is 2. The Morgan fingerprint density at radius 3 is 2.62 bits per heavy atom. The Morgan fingerprint density at radius 2 is 2.00 bits per heavy atom. The molecule has 3 rings (SSSR count). The lowest BCUT2D eigenvalue weighted by molar-refractivity contribution is 0.102. The van der Waals surface area contributed by atoms with Crippen molar-refractivity contribution < 1.29 is 31.5 Å². The lowest BCUT2D eigenvalue weighted by Gasteiger charge is -2.14. The zero-order chi connectivity index (χ0) is 21.2. The van der Waals surface area contributed by atoms with Gasteiger partial charge in [0, 0.05) is 18.4 Å². The summed E-state index contributed by atoms with van der Waals surface area (Å²) in [4.78, 5) is 12.1. The monoisotopic (exact) mass is 425 g/mol. The molecule has 0 aromatic heterocycles. The van der Waals surface area contributed by atoms with Gasteiger partial charge >= 0.3 is 0 Å². The molecule has 29 heavy (non-hydrogen) atoms. The highest BCUT2D eigenvalue weighted by Gasteiger charge is 2.29. The number of hydrogen-bond donors (Lipinski definition) is 1. The smallest absolute Gasteiger partial charge is 0.259 e. The number of nitrogens with one attached hydrogen (secondary N) is 1. The largest absolute Gasteiger partial charge is 0.496 e. The zero-order valence-corrected chi connectivity index (χ0v) is 16.8. The van der Waals surface area contributed by atoms with Crippen LogP contribution in [0.3, 0.4) is 0 Å². The predicted octanol–water partition coefficient (Wildman–Crippen LogP) is 3.34. The summed E-state index contributed by atoms with van der Waals surface area (Å²) in [6.45, 7) is 2.31. The van der Waals surface area contributed by atoms with Gasteiger partial charge in [0.25, 0.3) is 5.91 Å². The first kappa shape index (κ1) is 21.2. The number of anilines is 1. The number of carbonyl (C=O) groups excluding carboxylic acids is 1. The second-order valence-corrected chi connectivity index (χ2v) is 8.91. The van der Waals surface area contributed by atoms with Gasteiger partial charge < -0.3 is 14.8 Å². The van der Waals surface area contributed by atoms with E-state index in [0.29, 0.717) is 30.9 Å². The van der Waals surface area contributed by atoms with E-state index in [4.69, 9.17) is 9.47 Å². The molecular weight excluding hydrogens is 404 g/mol.